The van der Waals surface area contributed by atoms with Gasteiger partial charge < -0.3 is 14.7 Å². The fourth-order valence-electron chi connectivity index (χ4n) is 3.13. The molecular weight excluding hydrogens is 380 g/mol. The number of piperazine rings is 1. The highest BCUT2D eigenvalue weighted by Gasteiger charge is 2.25. The first kappa shape index (κ1) is 20.2. The molecule has 0 aromatic heterocycles. The molecule has 2 aromatic carbocycles. The minimum absolute atomic E-state index is 0.0681. The first-order valence-electron chi connectivity index (χ1n) is 9.14. The molecule has 0 saturated carbocycles. The third-order valence-corrected chi connectivity index (χ3v) is 4.92. The quantitative estimate of drug-likeness (QED) is 0.770. The van der Waals surface area contributed by atoms with Gasteiger partial charge in [-0.05, 0) is 30.7 Å². The Balaban J connectivity index is 1.64. The molecule has 1 amide bonds. The Morgan fingerprint density at radius 3 is 2.61 bits per heavy atom. The maximum Gasteiger partial charge on any atom is 0.344 e. The van der Waals surface area contributed by atoms with E-state index in [1.807, 2.05) is 40.1 Å². The van der Waals surface area contributed by atoms with Crippen LogP contribution >= 0.6 is 11.6 Å². The number of hydrogen-bond acceptors (Lipinski definition) is 4. The van der Waals surface area contributed by atoms with Crippen molar-refractivity contribution in [3.05, 3.63) is 64.7 Å². The molecule has 6 nitrogen and oxygen atoms in total. The van der Waals surface area contributed by atoms with Crippen LogP contribution in [0.2, 0.25) is 5.02 Å². The van der Waals surface area contributed by atoms with Crippen LogP contribution in [-0.2, 0) is 22.7 Å². The second-order valence-corrected chi connectivity index (χ2v) is 7.30. The summed E-state index contributed by atoms with van der Waals surface area (Å²) in [6, 6.07) is 15.0. The number of carbonyl (C=O) groups is 2. The Labute approximate surface area is 169 Å². The summed E-state index contributed by atoms with van der Waals surface area (Å²) in [6.07, 6.45) is -0.968. The van der Waals surface area contributed by atoms with Gasteiger partial charge in [0.05, 0.1) is 6.54 Å². The Bertz CT molecular complexity index is 844. The smallest absolute Gasteiger partial charge is 0.344 e. The topological polar surface area (TPSA) is 70.1 Å². The zero-order valence-corrected chi connectivity index (χ0v) is 16.4. The number of ether oxygens (including phenoxy) is 1. The molecule has 1 heterocycles. The lowest BCUT2D eigenvalue weighted by Gasteiger charge is -2.34. The number of amides is 1. The third-order valence-electron chi connectivity index (χ3n) is 4.68. The molecule has 3 rings (SSSR count). The van der Waals surface area contributed by atoms with E-state index in [4.69, 9.17) is 21.4 Å². The molecule has 28 heavy (non-hydrogen) atoms. The van der Waals surface area contributed by atoms with Gasteiger partial charge in [-0.2, -0.15) is 0 Å². The van der Waals surface area contributed by atoms with E-state index in [1.165, 1.54) is 6.92 Å². The van der Waals surface area contributed by atoms with Gasteiger partial charge >= 0.3 is 5.97 Å². The molecule has 7 heteroatoms. The Morgan fingerprint density at radius 1 is 1.18 bits per heavy atom. The van der Waals surface area contributed by atoms with Crippen LogP contribution in [0.4, 0.5) is 0 Å². The van der Waals surface area contributed by atoms with E-state index in [0.29, 0.717) is 37.0 Å². The lowest BCUT2D eigenvalue weighted by molar-refractivity contribution is -0.144. The van der Waals surface area contributed by atoms with Gasteiger partial charge in [-0.1, -0.05) is 41.9 Å². The number of halogens is 1. The highest BCUT2D eigenvalue weighted by atomic mass is 35.5. The van der Waals surface area contributed by atoms with E-state index in [0.717, 1.165) is 17.7 Å². The maximum absolute atomic E-state index is 12.6. The van der Waals surface area contributed by atoms with Crippen LogP contribution in [0.15, 0.2) is 48.5 Å². The van der Waals surface area contributed by atoms with Gasteiger partial charge in [0.2, 0.25) is 5.91 Å². The Kier molecular flexibility index (Phi) is 6.54. The van der Waals surface area contributed by atoms with E-state index in [2.05, 4.69) is 0 Å². The fourth-order valence-corrected chi connectivity index (χ4v) is 3.33. The maximum atomic E-state index is 12.6. The van der Waals surface area contributed by atoms with Crippen molar-refractivity contribution in [2.75, 3.05) is 19.6 Å². The summed E-state index contributed by atoms with van der Waals surface area (Å²) in [5.41, 5.74) is 1.88. The molecule has 0 aliphatic carbocycles. The van der Waals surface area contributed by atoms with E-state index in [-0.39, 0.29) is 5.91 Å². The number of aliphatic carboxylic acids is 1. The van der Waals surface area contributed by atoms with Gasteiger partial charge in [-0.25, -0.2) is 4.79 Å². The van der Waals surface area contributed by atoms with Gasteiger partial charge in [0.15, 0.2) is 6.10 Å². The summed E-state index contributed by atoms with van der Waals surface area (Å²) in [5, 5.41) is 9.62. The summed E-state index contributed by atoms with van der Waals surface area (Å²) in [6.45, 7) is 4.21. The van der Waals surface area contributed by atoms with E-state index in [9.17, 15) is 9.59 Å². The summed E-state index contributed by atoms with van der Waals surface area (Å²) < 4.78 is 5.55. The predicted molar refractivity (Wildman–Crippen MR) is 106 cm³/mol. The van der Waals surface area contributed by atoms with Crippen LogP contribution in [0, 0.1) is 0 Å². The van der Waals surface area contributed by atoms with Crippen LogP contribution < -0.4 is 4.74 Å². The first-order valence-corrected chi connectivity index (χ1v) is 9.52. The average Bonchev–Trinajstić information content (AvgIpc) is 2.67. The summed E-state index contributed by atoms with van der Waals surface area (Å²) in [4.78, 5) is 27.5. The number of carbonyl (C=O) groups excluding carboxylic acids is 1. The third kappa shape index (κ3) is 5.24. The zero-order chi connectivity index (χ0) is 20.1. The molecule has 1 aliphatic heterocycles. The normalized spacial score (nSPS) is 16.1. The van der Waals surface area contributed by atoms with Crippen molar-refractivity contribution >= 4 is 23.5 Å². The summed E-state index contributed by atoms with van der Waals surface area (Å²) in [5.74, 6) is -0.498. The van der Waals surface area contributed by atoms with E-state index in [1.54, 1.807) is 18.2 Å². The van der Waals surface area contributed by atoms with Crippen molar-refractivity contribution in [2.45, 2.75) is 26.1 Å². The van der Waals surface area contributed by atoms with Crippen LogP contribution in [0.3, 0.4) is 0 Å². The van der Waals surface area contributed by atoms with E-state index < -0.39 is 12.1 Å². The molecule has 0 radical (unpaired) electrons. The monoisotopic (exact) mass is 402 g/mol. The number of benzene rings is 2. The van der Waals surface area contributed by atoms with Crippen LogP contribution in [0.5, 0.6) is 5.75 Å². The minimum Gasteiger partial charge on any atom is -0.479 e. The number of rotatable bonds is 7. The summed E-state index contributed by atoms with van der Waals surface area (Å²) in [7, 11) is 0. The van der Waals surface area contributed by atoms with Crippen LogP contribution in [0.1, 0.15) is 18.1 Å². The highest BCUT2D eigenvalue weighted by Crippen LogP contribution is 2.26. The average molecular weight is 403 g/mol. The van der Waals surface area contributed by atoms with Gasteiger partial charge in [0.1, 0.15) is 5.75 Å². The Hall–Kier alpha value is -2.57. The van der Waals surface area contributed by atoms with Crippen molar-refractivity contribution in [3.63, 3.8) is 0 Å². The van der Waals surface area contributed by atoms with Gasteiger partial charge in [-0.15, -0.1) is 0 Å². The molecule has 1 fully saturated rings. The number of carboxylic acid groups (broad SMARTS) is 1. The van der Waals surface area contributed by atoms with Crippen LogP contribution in [-0.4, -0.2) is 52.5 Å². The SMILES string of the molecule is CC(Oc1ccc(Cl)cc1CN1CCN(Cc2ccccc2)C(=O)C1)C(=O)O. The van der Waals surface area contributed by atoms with Gasteiger partial charge in [-0.3, -0.25) is 9.69 Å². The first-order chi connectivity index (χ1) is 13.4. The highest BCUT2D eigenvalue weighted by molar-refractivity contribution is 6.30. The standard InChI is InChI=1S/C21H23ClN2O4/c1-15(21(26)27)28-19-8-7-18(22)11-17(19)13-23-9-10-24(20(25)14-23)12-16-5-3-2-4-6-16/h2-8,11,15H,9-10,12-14H2,1H3,(H,26,27). The predicted octanol–water partition coefficient (Wildman–Crippen LogP) is 3.04. The lowest BCUT2D eigenvalue weighted by Crippen LogP contribution is -2.49. The van der Waals surface area contributed by atoms with Gasteiger partial charge in [0, 0.05) is 36.8 Å². The molecule has 2 aromatic rings. The minimum atomic E-state index is -1.04. The number of hydrogen-bond donors (Lipinski definition) is 1. The molecule has 1 atom stereocenters. The van der Waals surface area contributed by atoms with Crippen molar-refractivity contribution in [1.82, 2.24) is 9.80 Å². The molecule has 0 bridgehead atoms. The second-order valence-electron chi connectivity index (χ2n) is 6.86. The molecule has 148 valence electrons. The number of carboxylic acids is 1. The fraction of sp³-hybridized carbons (Fsp3) is 0.333. The van der Waals surface area contributed by atoms with Crippen molar-refractivity contribution in [3.8, 4) is 5.75 Å². The zero-order valence-electron chi connectivity index (χ0n) is 15.7. The molecule has 1 unspecified atom stereocenters. The molecule has 1 aliphatic rings. The molecule has 0 spiro atoms. The van der Waals surface area contributed by atoms with Crippen molar-refractivity contribution < 1.29 is 19.4 Å². The largest absolute Gasteiger partial charge is 0.479 e. The number of nitrogens with zero attached hydrogens (tertiary/aromatic N) is 2. The Morgan fingerprint density at radius 2 is 1.93 bits per heavy atom. The van der Waals surface area contributed by atoms with Crippen LogP contribution in [0.25, 0.3) is 0 Å². The second kappa shape index (κ2) is 9.08. The summed E-state index contributed by atoms with van der Waals surface area (Å²) >= 11 is 6.11. The molecule has 1 N–H and O–H groups in total. The van der Waals surface area contributed by atoms with Crippen molar-refractivity contribution in [1.29, 1.82) is 0 Å². The van der Waals surface area contributed by atoms with Crippen molar-refractivity contribution in [2.24, 2.45) is 0 Å². The molecular formula is C21H23ClN2O4. The van der Waals surface area contributed by atoms with Gasteiger partial charge in [0.25, 0.3) is 0 Å². The molecule has 1 saturated heterocycles. The lowest BCUT2D eigenvalue weighted by atomic mass is 10.1. The van der Waals surface area contributed by atoms with E-state index >= 15 is 0 Å².